The van der Waals surface area contributed by atoms with Crippen molar-refractivity contribution in [3.63, 3.8) is 0 Å². The summed E-state index contributed by atoms with van der Waals surface area (Å²) in [5.41, 5.74) is 0.916. The third-order valence-corrected chi connectivity index (χ3v) is 4.72. The van der Waals surface area contributed by atoms with Crippen molar-refractivity contribution in [1.29, 1.82) is 0 Å². The second-order valence-electron chi connectivity index (χ2n) is 5.01. The Morgan fingerprint density at radius 2 is 2.12 bits per heavy atom. The molecule has 1 N–H and O–H groups in total. The van der Waals surface area contributed by atoms with E-state index in [1.807, 2.05) is 25.1 Å². The highest BCUT2D eigenvalue weighted by molar-refractivity contribution is 7.15. The molecule has 2 aromatic heterocycles. The zero-order valence-corrected chi connectivity index (χ0v) is 15.1. The van der Waals surface area contributed by atoms with Crippen molar-refractivity contribution in [3.05, 3.63) is 45.6 Å². The van der Waals surface area contributed by atoms with E-state index in [0.717, 1.165) is 17.0 Å². The van der Waals surface area contributed by atoms with Gasteiger partial charge < -0.3 is 4.74 Å². The van der Waals surface area contributed by atoms with Crippen LogP contribution in [-0.2, 0) is 13.0 Å². The van der Waals surface area contributed by atoms with Crippen molar-refractivity contribution in [2.75, 3.05) is 12.4 Å². The Morgan fingerprint density at radius 3 is 2.80 bits per heavy atom. The fraction of sp³-hybridized carbons (Fsp3) is 0.267. The molecule has 0 aliphatic heterocycles. The predicted molar refractivity (Wildman–Crippen MR) is 94.4 cm³/mol. The first-order valence-corrected chi connectivity index (χ1v) is 8.66. The number of carbonyl (C=O) groups is 1. The minimum Gasteiger partial charge on any atom is -0.479 e. The van der Waals surface area contributed by atoms with Gasteiger partial charge in [-0.25, -0.2) is 4.68 Å². The van der Waals surface area contributed by atoms with Crippen LogP contribution in [0.1, 0.15) is 28.0 Å². The highest BCUT2D eigenvalue weighted by Crippen LogP contribution is 2.22. The lowest BCUT2D eigenvalue weighted by Gasteiger charge is -2.07. The van der Waals surface area contributed by atoms with Crippen molar-refractivity contribution >= 4 is 34.0 Å². The number of hydrogen-bond acceptors (Lipinski definition) is 7. The van der Waals surface area contributed by atoms with Crippen molar-refractivity contribution < 1.29 is 9.53 Å². The van der Waals surface area contributed by atoms with Crippen LogP contribution in [0.25, 0.3) is 0 Å². The molecule has 8 nitrogen and oxygen atoms in total. The summed E-state index contributed by atoms with van der Waals surface area (Å²) in [5.74, 6) is -0.210. The molecule has 0 unspecified atom stereocenters. The van der Waals surface area contributed by atoms with Crippen molar-refractivity contribution in [1.82, 2.24) is 25.2 Å². The molecule has 0 aliphatic rings. The zero-order chi connectivity index (χ0) is 17.8. The molecule has 3 rings (SSSR count). The molecule has 0 saturated carbocycles. The number of halogens is 1. The Bertz CT molecular complexity index is 894. The molecule has 0 spiro atoms. The van der Waals surface area contributed by atoms with Gasteiger partial charge in [-0.15, -0.1) is 15.3 Å². The molecule has 0 fully saturated rings. The van der Waals surface area contributed by atoms with E-state index in [1.54, 1.807) is 6.07 Å². The maximum atomic E-state index is 12.4. The first-order valence-electron chi connectivity index (χ1n) is 7.47. The van der Waals surface area contributed by atoms with Crippen molar-refractivity contribution in [2.45, 2.75) is 19.9 Å². The van der Waals surface area contributed by atoms with E-state index in [4.69, 9.17) is 16.3 Å². The van der Waals surface area contributed by atoms with Crippen LogP contribution in [-0.4, -0.2) is 38.2 Å². The van der Waals surface area contributed by atoms with Crippen LogP contribution in [0, 0.1) is 0 Å². The van der Waals surface area contributed by atoms with Crippen molar-refractivity contribution in [2.24, 2.45) is 0 Å². The maximum Gasteiger partial charge on any atom is 0.283 e. The van der Waals surface area contributed by atoms with Gasteiger partial charge >= 0.3 is 0 Å². The first kappa shape index (κ1) is 17.3. The molecule has 0 bridgehead atoms. The lowest BCUT2D eigenvalue weighted by atomic mass is 10.2. The Morgan fingerprint density at radius 1 is 1.32 bits per heavy atom. The largest absolute Gasteiger partial charge is 0.479 e. The van der Waals surface area contributed by atoms with Gasteiger partial charge in [0.2, 0.25) is 16.7 Å². The molecule has 10 heteroatoms. The number of nitrogens with one attached hydrogen (secondary N) is 1. The van der Waals surface area contributed by atoms with Gasteiger partial charge in [-0.2, -0.15) is 0 Å². The SMILES string of the molecule is CCc1nnc(NC(=O)c2nnn(Cc3ccccc3Cl)c2OC)s1. The highest BCUT2D eigenvalue weighted by atomic mass is 35.5. The zero-order valence-electron chi connectivity index (χ0n) is 13.6. The number of aromatic nitrogens is 5. The van der Waals surface area contributed by atoms with Crippen LogP contribution in [0.4, 0.5) is 5.13 Å². The molecule has 0 atom stereocenters. The monoisotopic (exact) mass is 378 g/mol. The van der Waals surface area contributed by atoms with E-state index in [0.29, 0.717) is 16.7 Å². The Labute approximate surface area is 152 Å². The van der Waals surface area contributed by atoms with Crippen LogP contribution < -0.4 is 10.1 Å². The van der Waals surface area contributed by atoms with Crippen LogP contribution in [0.2, 0.25) is 5.02 Å². The standard InChI is InChI=1S/C15H15ClN6O2S/c1-3-11-18-20-15(25-11)17-13(23)12-14(24-2)22(21-19-12)8-9-6-4-5-7-10(9)16/h4-7H,3,8H2,1-2H3,(H,17,20,23). The molecule has 0 saturated heterocycles. The van der Waals surface area contributed by atoms with Gasteiger partial charge in [-0.3, -0.25) is 10.1 Å². The van der Waals surface area contributed by atoms with Gasteiger partial charge in [0.25, 0.3) is 5.91 Å². The summed E-state index contributed by atoms with van der Waals surface area (Å²) >= 11 is 7.48. The smallest absolute Gasteiger partial charge is 0.283 e. The van der Waals surface area contributed by atoms with Crippen molar-refractivity contribution in [3.8, 4) is 5.88 Å². The number of nitrogens with zero attached hydrogens (tertiary/aromatic N) is 5. The maximum absolute atomic E-state index is 12.4. The third-order valence-electron chi connectivity index (χ3n) is 3.37. The summed E-state index contributed by atoms with van der Waals surface area (Å²) in [5, 5.41) is 20.3. The second kappa shape index (κ2) is 7.58. The summed E-state index contributed by atoms with van der Waals surface area (Å²) in [7, 11) is 1.46. The number of benzene rings is 1. The Balaban J connectivity index is 1.81. The molecule has 0 aliphatic carbocycles. The fourth-order valence-electron chi connectivity index (χ4n) is 2.14. The quantitative estimate of drug-likeness (QED) is 0.708. The van der Waals surface area contributed by atoms with Crippen LogP contribution >= 0.6 is 22.9 Å². The van der Waals surface area contributed by atoms with E-state index in [9.17, 15) is 4.79 Å². The molecule has 0 radical (unpaired) electrons. The minimum absolute atomic E-state index is 0.0720. The summed E-state index contributed by atoms with van der Waals surface area (Å²) in [6.07, 6.45) is 0.755. The van der Waals surface area contributed by atoms with E-state index >= 15 is 0 Å². The number of amides is 1. The van der Waals surface area contributed by atoms with Gasteiger partial charge in [-0.05, 0) is 18.1 Å². The molecule has 25 heavy (non-hydrogen) atoms. The van der Waals surface area contributed by atoms with Crippen LogP contribution in [0.15, 0.2) is 24.3 Å². The number of ether oxygens (including phenoxy) is 1. The first-order chi connectivity index (χ1) is 12.1. The van der Waals surface area contributed by atoms with Gasteiger partial charge in [-0.1, -0.05) is 53.3 Å². The fourth-order valence-corrected chi connectivity index (χ4v) is 3.01. The van der Waals surface area contributed by atoms with Gasteiger partial charge in [0.1, 0.15) is 5.01 Å². The number of aryl methyl sites for hydroxylation is 1. The number of rotatable bonds is 6. The summed E-state index contributed by atoms with van der Waals surface area (Å²) in [6, 6.07) is 7.38. The third kappa shape index (κ3) is 3.77. The molecular weight excluding hydrogens is 364 g/mol. The van der Waals surface area contributed by atoms with E-state index < -0.39 is 5.91 Å². The summed E-state index contributed by atoms with van der Waals surface area (Å²) in [4.78, 5) is 12.4. The molecule has 1 aromatic carbocycles. The normalized spacial score (nSPS) is 10.7. The average Bonchev–Trinajstić information content (AvgIpc) is 3.23. The summed E-state index contributed by atoms with van der Waals surface area (Å²) in [6.45, 7) is 2.30. The Hall–Kier alpha value is -2.52. The number of hydrogen-bond donors (Lipinski definition) is 1. The van der Waals surface area contributed by atoms with Crippen LogP contribution in [0.5, 0.6) is 5.88 Å². The van der Waals surface area contributed by atoms with E-state index in [-0.39, 0.29) is 11.6 Å². The summed E-state index contributed by atoms with van der Waals surface area (Å²) < 4.78 is 6.80. The van der Waals surface area contributed by atoms with E-state index in [2.05, 4.69) is 25.8 Å². The molecular formula is C15H15ClN6O2S. The molecule has 2 heterocycles. The molecule has 3 aromatic rings. The second-order valence-corrected chi connectivity index (χ2v) is 6.47. The molecule has 1 amide bonds. The van der Waals surface area contributed by atoms with Gasteiger partial charge in [0.15, 0.2) is 0 Å². The van der Waals surface area contributed by atoms with Crippen LogP contribution in [0.3, 0.4) is 0 Å². The lowest BCUT2D eigenvalue weighted by Crippen LogP contribution is -2.14. The average molecular weight is 379 g/mol. The molecule has 130 valence electrons. The Kier molecular flexibility index (Phi) is 5.25. The van der Waals surface area contributed by atoms with E-state index in [1.165, 1.54) is 23.1 Å². The number of carbonyl (C=O) groups excluding carboxylic acids is 1. The van der Waals surface area contributed by atoms with Gasteiger partial charge in [0, 0.05) is 5.02 Å². The van der Waals surface area contributed by atoms with Gasteiger partial charge in [0.05, 0.1) is 13.7 Å². The topological polar surface area (TPSA) is 94.8 Å². The highest BCUT2D eigenvalue weighted by Gasteiger charge is 2.22. The number of anilines is 1. The predicted octanol–water partition coefficient (Wildman–Crippen LogP) is 2.65. The lowest BCUT2D eigenvalue weighted by molar-refractivity contribution is 0.101. The number of methoxy groups -OCH3 is 1. The minimum atomic E-state index is -0.457.